The lowest BCUT2D eigenvalue weighted by atomic mass is 9.99. The summed E-state index contributed by atoms with van der Waals surface area (Å²) < 4.78 is 10.4. The minimum Gasteiger partial charge on any atom is -0.497 e. The number of hydrogen-bond donors (Lipinski definition) is 2. The third-order valence-corrected chi connectivity index (χ3v) is 4.36. The first-order valence-corrected chi connectivity index (χ1v) is 8.82. The van der Waals surface area contributed by atoms with E-state index in [1.807, 2.05) is 60.7 Å². The molecule has 0 aliphatic heterocycles. The number of carboxylic acids is 1. The van der Waals surface area contributed by atoms with E-state index >= 15 is 0 Å². The Kier molecular flexibility index (Phi) is 6.11. The van der Waals surface area contributed by atoms with Gasteiger partial charge in [0, 0.05) is 0 Å². The molecule has 0 saturated carbocycles. The number of alkyl carbamates (subject to hydrolysis) is 1. The van der Waals surface area contributed by atoms with Gasteiger partial charge in [-0.2, -0.15) is 0 Å². The Bertz CT molecular complexity index is 971. The lowest BCUT2D eigenvalue weighted by Crippen LogP contribution is -2.30. The van der Waals surface area contributed by atoms with E-state index in [2.05, 4.69) is 5.32 Å². The molecule has 0 fully saturated rings. The van der Waals surface area contributed by atoms with Crippen LogP contribution in [0.3, 0.4) is 0 Å². The van der Waals surface area contributed by atoms with E-state index in [0.717, 1.165) is 22.1 Å². The third-order valence-electron chi connectivity index (χ3n) is 4.36. The zero-order valence-corrected chi connectivity index (χ0v) is 15.4. The molecule has 144 valence electrons. The molecule has 0 aliphatic rings. The summed E-state index contributed by atoms with van der Waals surface area (Å²) in [6.45, 7) is 0.115. The summed E-state index contributed by atoms with van der Waals surface area (Å²) >= 11 is 0. The number of hydrogen-bond acceptors (Lipinski definition) is 4. The van der Waals surface area contributed by atoms with Crippen LogP contribution in [0.5, 0.6) is 5.75 Å². The number of rotatable bonds is 7. The highest BCUT2D eigenvalue weighted by molar-refractivity contribution is 5.85. The van der Waals surface area contributed by atoms with Gasteiger partial charge in [-0.05, 0) is 40.1 Å². The van der Waals surface area contributed by atoms with Crippen molar-refractivity contribution in [3.8, 4) is 5.75 Å². The predicted octanol–water partition coefficient (Wildman–Crippen LogP) is 4.29. The van der Waals surface area contributed by atoms with Gasteiger partial charge in [-0.3, -0.25) is 4.79 Å². The lowest BCUT2D eigenvalue weighted by Gasteiger charge is -2.18. The van der Waals surface area contributed by atoms with Gasteiger partial charge in [0.15, 0.2) is 0 Å². The molecule has 6 heteroatoms. The molecule has 0 radical (unpaired) electrons. The molecule has 3 aromatic rings. The van der Waals surface area contributed by atoms with Crippen LogP contribution >= 0.6 is 0 Å². The maximum atomic E-state index is 12.2. The molecule has 2 N–H and O–H groups in total. The summed E-state index contributed by atoms with van der Waals surface area (Å²) in [5.74, 6) is -0.270. The van der Waals surface area contributed by atoms with Crippen LogP contribution in [0, 0.1) is 0 Å². The first-order chi connectivity index (χ1) is 13.5. The molecule has 0 unspecified atom stereocenters. The van der Waals surface area contributed by atoms with Gasteiger partial charge < -0.3 is 19.9 Å². The number of methoxy groups -OCH3 is 1. The van der Waals surface area contributed by atoms with Crippen molar-refractivity contribution in [1.82, 2.24) is 5.32 Å². The molecule has 0 spiro atoms. The average Bonchev–Trinajstić information content (AvgIpc) is 2.71. The van der Waals surface area contributed by atoms with Crippen molar-refractivity contribution in [3.05, 3.63) is 77.9 Å². The first-order valence-electron chi connectivity index (χ1n) is 8.82. The zero-order valence-electron chi connectivity index (χ0n) is 15.4. The lowest BCUT2D eigenvalue weighted by molar-refractivity contribution is -0.137. The van der Waals surface area contributed by atoms with E-state index in [1.54, 1.807) is 13.2 Å². The van der Waals surface area contributed by atoms with Crippen LogP contribution in [0.25, 0.3) is 10.8 Å². The maximum absolute atomic E-state index is 12.2. The smallest absolute Gasteiger partial charge is 0.407 e. The summed E-state index contributed by atoms with van der Waals surface area (Å²) in [5.41, 5.74) is 1.55. The van der Waals surface area contributed by atoms with Crippen LogP contribution in [0.2, 0.25) is 0 Å². The third kappa shape index (κ3) is 5.01. The highest BCUT2D eigenvalue weighted by Crippen LogP contribution is 2.26. The standard InChI is InChI=1S/C22H21NO5/c1-27-19-10-9-16-11-18(8-7-17(16)12-19)20(13-21(24)25)23-22(26)28-14-15-5-3-2-4-6-15/h2-12,20H,13-14H2,1H3,(H,23,26)(H,24,25)/t20-/m1/s1. The van der Waals surface area contributed by atoms with Gasteiger partial charge in [-0.25, -0.2) is 4.79 Å². The number of aliphatic carboxylic acids is 1. The molecule has 1 amide bonds. The van der Waals surface area contributed by atoms with Crippen molar-refractivity contribution in [2.75, 3.05) is 7.11 Å². The molecular weight excluding hydrogens is 358 g/mol. The molecule has 0 bridgehead atoms. The number of nitrogens with one attached hydrogen (secondary N) is 1. The molecule has 3 aromatic carbocycles. The van der Waals surface area contributed by atoms with Crippen molar-refractivity contribution in [1.29, 1.82) is 0 Å². The second kappa shape index (κ2) is 8.90. The molecule has 0 heterocycles. The minimum absolute atomic E-state index is 0.115. The quantitative estimate of drug-likeness (QED) is 0.640. The van der Waals surface area contributed by atoms with Gasteiger partial charge >= 0.3 is 12.1 Å². The van der Waals surface area contributed by atoms with E-state index in [-0.39, 0.29) is 13.0 Å². The van der Waals surface area contributed by atoms with Crippen LogP contribution in [-0.2, 0) is 16.1 Å². The van der Waals surface area contributed by atoms with E-state index in [0.29, 0.717) is 5.56 Å². The van der Waals surface area contributed by atoms with E-state index < -0.39 is 18.1 Å². The first kappa shape index (κ1) is 19.2. The van der Waals surface area contributed by atoms with Crippen molar-refractivity contribution in [3.63, 3.8) is 0 Å². The highest BCUT2D eigenvalue weighted by atomic mass is 16.5. The van der Waals surface area contributed by atoms with Crippen molar-refractivity contribution < 1.29 is 24.2 Å². The van der Waals surface area contributed by atoms with Crippen molar-refractivity contribution in [2.45, 2.75) is 19.1 Å². The van der Waals surface area contributed by atoms with E-state index in [1.165, 1.54) is 0 Å². The Morgan fingerprint density at radius 1 is 1.00 bits per heavy atom. The Balaban J connectivity index is 1.74. The fourth-order valence-electron chi connectivity index (χ4n) is 2.92. The summed E-state index contributed by atoms with van der Waals surface area (Å²) in [6.07, 6.45) is -0.910. The second-order valence-corrected chi connectivity index (χ2v) is 6.33. The summed E-state index contributed by atoms with van der Waals surface area (Å²) in [6, 6.07) is 19.7. The van der Waals surface area contributed by atoms with Gasteiger partial charge in [-0.15, -0.1) is 0 Å². The van der Waals surface area contributed by atoms with Crippen molar-refractivity contribution in [2.24, 2.45) is 0 Å². The Hall–Kier alpha value is -3.54. The van der Waals surface area contributed by atoms with Crippen LogP contribution < -0.4 is 10.1 Å². The van der Waals surface area contributed by atoms with Crippen LogP contribution in [0.1, 0.15) is 23.6 Å². The second-order valence-electron chi connectivity index (χ2n) is 6.33. The molecule has 3 rings (SSSR count). The average molecular weight is 379 g/mol. The maximum Gasteiger partial charge on any atom is 0.407 e. The minimum atomic E-state index is -1.01. The molecule has 0 saturated heterocycles. The number of fused-ring (bicyclic) bond motifs is 1. The van der Waals surface area contributed by atoms with Gasteiger partial charge in [-0.1, -0.05) is 48.5 Å². The Morgan fingerprint density at radius 3 is 2.43 bits per heavy atom. The van der Waals surface area contributed by atoms with Gasteiger partial charge in [0.2, 0.25) is 0 Å². The number of amides is 1. The number of benzene rings is 3. The molecule has 6 nitrogen and oxygen atoms in total. The zero-order chi connectivity index (χ0) is 19.9. The van der Waals surface area contributed by atoms with Gasteiger partial charge in [0.1, 0.15) is 12.4 Å². The molecule has 0 aliphatic carbocycles. The number of ether oxygens (including phenoxy) is 2. The number of carbonyl (C=O) groups is 2. The molecule has 0 aromatic heterocycles. The summed E-state index contributed by atoms with van der Waals surface area (Å²) in [7, 11) is 1.60. The monoisotopic (exact) mass is 379 g/mol. The Morgan fingerprint density at radius 2 is 1.71 bits per heavy atom. The number of carbonyl (C=O) groups excluding carboxylic acids is 1. The van der Waals surface area contributed by atoms with E-state index in [9.17, 15) is 14.7 Å². The number of carboxylic acid groups (broad SMARTS) is 1. The normalized spacial score (nSPS) is 11.6. The molecule has 1 atom stereocenters. The van der Waals surface area contributed by atoms with Crippen LogP contribution in [-0.4, -0.2) is 24.3 Å². The van der Waals surface area contributed by atoms with Gasteiger partial charge in [0.25, 0.3) is 0 Å². The van der Waals surface area contributed by atoms with Crippen LogP contribution in [0.15, 0.2) is 66.7 Å². The summed E-state index contributed by atoms with van der Waals surface area (Å²) in [5, 5.41) is 13.8. The molecule has 28 heavy (non-hydrogen) atoms. The summed E-state index contributed by atoms with van der Waals surface area (Å²) in [4.78, 5) is 23.5. The predicted molar refractivity (Wildman–Crippen MR) is 105 cm³/mol. The van der Waals surface area contributed by atoms with Crippen LogP contribution in [0.4, 0.5) is 4.79 Å². The highest BCUT2D eigenvalue weighted by Gasteiger charge is 2.19. The largest absolute Gasteiger partial charge is 0.497 e. The molecular formula is C22H21NO5. The van der Waals surface area contributed by atoms with Crippen molar-refractivity contribution >= 4 is 22.8 Å². The van der Waals surface area contributed by atoms with E-state index in [4.69, 9.17) is 9.47 Å². The Labute approximate surface area is 162 Å². The topological polar surface area (TPSA) is 84.9 Å². The SMILES string of the molecule is COc1ccc2cc([C@@H](CC(=O)O)NC(=O)OCc3ccccc3)ccc2c1. The van der Waals surface area contributed by atoms with Gasteiger partial charge in [0.05, 0.1) is 19.6 Å². The fraction of sp³-hybridized carbons (Fsp3) is 0.182. The fourth-order valence-corrected chi connectivity index (χ4v) is 2.92.